The molecule has 0 unspecified atom stereocenters. The number of amides is 1. The van der Waals surface area contributed by atoms with Crippen molar-refractivity contribution in [2.75, 3.05) is 25.1 Å². The molecule has 0 fully saturated rings. The Morgan fingerprint density at radius 2 is 2.00 bits per heavy atom. The third kappa shape index (κ3) is 4.40. The van der Waals surface area contributed by atoms with E-state index in [-0.39, 0.29) is 18.0 Å². The van der Waals surface area contributed by atoms with Crippen LogP contribution in [-0.2, 0) is 27.7 Å². The number of nitrogens with one attached hydrogen (secondary N) is 1. The molecule has 0 aliphatic carbocycles. The molecule has 0 bridgehead atoms. The zero-order valence-corrected chi connectivity index (χ0v) is 16.7. The van der Waals surface area contributed by atoms with E-state index >= 15 is 0 Å². The minimum absolute atomic E-state index is 0.226. The van der Waals surface area contributed by atoms with Crippen LogP contribution in [0.3, 0.4) is 0 Å². The van der Waals surface area contributed by atoms with Gasteiger partial charge < -0.3 is 9.47 Å². The van der Waals surface area contributed by atoms with Crippen molar-refractivity contribution in [2.45, 2.75) is 31.7 Å². The Labute approximate surface area is 162 Å². The van der Waals surface area contributed by atoms with Gasteiger partial charge >= 0.3 is 6.09 Å². The molecule has 0 atom stereocenters. The molecule has 3 rings (SSSR count). The average Bonchev–Trinajstić information content (AvgIpc) is 3.04. The van der Waals surface area contributed by atoms with E-state index in [1.165, 1.54) is 15.6 Å². The van der Waals surface area contributed by atoms with Gasteiger partial charge in [-0.15, -0.1) is 0 Å². The monoisotopic (exact) mass is 411 g/mol. The maximum atomic E-state index is 12.9. The summed E-state index contributed by atoms with van der Waals surface area (Å²) in [7, 11) is -3.61. The summed E-state index contributed by atoms with van der Waals surface area (Å²) in [5.74, 6) is 0.634. The van der Waals surface area contributed by atoms with E-state index in [9.17, 15) is 13.2 Å². The number of benzene rings is 1. The highest BCUT2D eigenvalue weighted by Crippen LogP contribution is 2.31. The van der Waals surface area contributed by atoms with Crippen LogP contribution in [0.25, 0.3) is 0 Å². The van der Waals surface area contributed by atoms with E-state index in [0.29, 0.717) is 30.5 Å². The van der Waals surface area contributed by atoms with Crippen LogP contribution >= 0.6 is 11.3 Å². The van der Waals surface area contributed by atoms with E-state index in [0.717, 1.165) is 10.6 Å². The third-order valence-electron chi connectivity index (χ3n) is 3.95. The Morgan fingerprint density at radius 1 is 1.26 bits per heavy atom. The summed E-state index contributed by atoms with van der Waals surface area (Å²) in [6.45, 7) is 4.95. The van der Waals surface area contributed by atoms with Gasteiger partial charge in [-0.25, -0.2) is 18.2 Å². The van der Waals surface area contributed by atoms with Crippen molar-refractivity contribution in [2.24, 2.45) is 0 Å². The first kappa shape index (κ1) is 19.6. The number of aromatic nitrogens is 1. The minimum atomic E-state index is -3.61. The minimum Gasteiger partial charge on any atom is -0.494 e. The fraction of sp³-hybridized carbons (Fsp3) is 0.412. The van der Waals surface area contributed by atoms with Crippen molar-refractivity contribution in [3.05, 3.63) is 34.8 Å². The number of hydrogen-bond acceptors (Lipinski definition) is 7. The van der Waals surface area contributed by atoms with Crippen LogP contribution < -0.4 is 10.1 Å². The maximum Gasteiger partial charge on any atom is 0.413 e. The molecule has 1 aliphatic heterocycles. The molecular weight excluding hydrogens is 390 g/mol. The van der Waals surface area contributed by atoms with Crippen molar-refractivity contribution >= 4 is 32.6 Å². The summed E-state index contributed by atoms with van der Waals surface area (Å²) >= 11 is 1.26. The van der Waals surface area contributed by atoms with Gasteiger partial charge in [-0.05, 0) is 38.1 Å². The Bertz CT molecular complexity index is 909. The van der Waals surface area contributed by atoms with Crippen molar-refractivity contribution in [1.82, 2.24) is 9.29 Å². The Morgan fingerprint density at radius 3 is 2.67 bits per heavy atom. The maximum absolute atomic E-state index is 12.9. The molecule has 0 saturated carbocycles. The van der Waals surface area contributed by atoms with Gasteiger partial charge in [0.2, 0.25) is 10.0 Å². The lowest BCUT2D eigenvalue weighted by Crippen LogP contribution is -2.35. The van der Waals surface area contributed by atoms with E-state index in [1.807, 2.05) is 6.92 Å². The van der Waals surface area contributed by atoms with Gasteiger partial charge in [-0.2, -0.15) is 4.31 Å². The summed E-state index contributed by atoms with van der Waals surface area (Å²) in [5.41, 5.74) is 0.810. The summed E-state index contributed by atoms with van der Waals surface area (Å²) in [4.78, 5) is 16.9. The van der Waals surface area contributed by atoms with Crippen molar-refractivity contribution < 1.29 is 22.7 Å². The van der Waals surface area contributed by atoms with Gasteiger partial charge in [0.05, 0.1) is 30.3 Å². The van der Waals surface area contributed by atoms with Crippen LogP contribution in [0.4, 0.5) is 9.93 Å². The Hall–Kier alpha value is -2.17. The molecule has 0 radical (unpaired) electrons. The van der Waals surface area contributed by atoms with Crippen molar-refractivity contribution in [1.29, 1.82) is 0 Å². The smallest absolute Gasteiger partial charge is 0.413 e. The molecule has 8 nitrogen and oxygen atoms in total. The molecule has 1 aliphatic rings. The lowest BCUT2D eigenvalue weighted by atomic mass is 10.2. The first-order valence-corrected chi connectivity index (χ1v) is 10.8. The number of rotatable bonds is 6. The molecule has 1 N–H and O–H groups in total. The third-order valence-corrected chi connectivity index (χ3v) is 6.81. The summed E-state index contributed by atoms with van der Waals surface area (Å²) in [6, 6.07) is 6.41. The topological polar surface area (TPSA) is 97.8 Å². The largest absolute Gasteiger partial charge is 0.494 e. The normalized spacial score (nSPS) is 14.4. The van der Waals surface area contributed by atoms with Crippen LogP contribution in [0.5, 0.6) is 5.75 Å². The van der Waals surface area contributed by atoms with Gasteiger partial charge in [0.25, 0.3) is 0 Å². The van der Waals surface area contributed by atoms with E-state index < -0.39 is 16.1 Å². The lowest BCUT2D eigenvalue weighted by Gasteiger charge is -2.25. The quantitative estimate of drug-likeness (QED) is 0.785. The molecule has 27 heavy (non-hydrogen) atoms. The van der Waals surface area contributed by atoms with Crippen LogP contribution in [-0.4, -0.2) is 43.6 Å². The standard InChI is InChI=1S/C17H21N3O5S2/c1-3-24-12-5-7-13(8-6-12)27(22,23)20-10-9-14-15(11-20)26-16(18-14)19-17(21)25-4-2/h5-8H,3-4,9-11H2,1-2H3,(H,18,19,21). The number of anilines is 1. The van der Waals surface area contributed by atoms with Crippen LogP contribution in [0.1, 0.15) is 24.4 Å². The number of fused-ring (bicyclic) bond motifs is 1. The summed E-state index contributed by atoms with van der Waals surface area (Å²) < 4.78 is 37.5. The summed E-state index contributed by atoms with van der Waals surface area (Å²) in [6.07, 6.45) is -0.0745. The van der Waals surface area contributed by atoms with Gasteiger partial charge in [0.15, 0.2) is 5.13 Å². The molecule has 2 heterocycles. The van der Waals surface area contributed by atoms with E-state index in [1.54, 1.807) is 31.2 Å². The fourth-order valence-electron chi connectivity index (χ4n) is 2.71. The van der Waals surface area contributed by atoms with E-state index in [2.05, 4.69) is 10.3 Å². The molecule has 1 amide bonds. The molecule has 1 aromatic carbocycles. The Balaban J connectivity index is 1.74. The van der Waals surface area contributed by atoms with Crippen LogP contribution in [0, 0.1) is 0 Å². The zero-order chi connectivity index (χ0) is 19.4. The van der Waals surface area contributed by atoms with Crippen LogP contribution in [0.2, 0.25) is 0 Å². The number of ether oxygens (including phenoxy) is 2. The molecule has 146 valence electrons. The number of sulfonamides is 1. The Kier molecular flexibility index (Phi) is 5.98. The second-order valence-corrected chi connectivity index (χ2v) is 8.75. The lowest BCUT2D eigenvalue weighted by molar-refractivity contribution is 0.168. The predicted octanol–water partition coefficient (Wildman–Crippen LogP) is 2.86. The first-order valence-electron chi connectivity index (χ1n) is 8.59. The highest BCUT2D eigenvalue weighted by Gasteiger charge is 2.30. The van der Waals surface area contributed by atoms with Gasteiger partial charge in [0.1, 0.15) is 5.75 Å². The molecule has 10 heteroatoms. The first-order chi connectivity index (χ1) is 12.9. The number of carbonyl (C=O) groups is 1. The molecule has 1 aromatic heterocycles. The number of nitrogens with zero attached hydrogens (tertiary/aromatic N) is 2. The van der Waals surface area contributed by atoms with Crippen LogP contribution in [0.15, 0.2) is 29.2 Å². The number of carbonyl (C=O) groups excluding carboxylic acids is 1. The predicted molar refractivity (Wildman–Crippen MR) is 102 cm³/mol. The van der Waals surface area contributed by atoms with E-state index in [4.69, 9.17) is 9.47 Å². The SMILES string of the molecule is CCOC(=O)Nc1nc2c(s1)CN(S(=O)(=O)c1ccc(OCC)cc1)CC2. The fourth-order valence-corrected chi connectivity index (χ4v) is 5.21. The molecule has 0 saturated heterocycles. The van der Waals surface area contributed by atoms with Gasteiger partial charge in [-0.1, -0.05) is 11.3 Å². The molecular formula is C17H21N3O5S2. The number of thiazole rings is 1. The zero-order valence-electron chi connectivity index (χ0n) is 15.1. The highest BCUT2D eigenvalue weighted by molar-refractivity contribution is 7.89. The van der Waals surface area contributed by atoms with Gasteiger partial charge in [-0.3, -0.25) is 5.32 Å². The van der Waals surface area contributed by atoms with Crippen molar-refractivity contribution in [3.63, 3.8) is 0 Å². The number of hydrogen-bond donors (Lipinski definition) is 1. The second-order valence-electron chi connectivity index (χ2n) is 5.73. The van der Waals surface area contributed by atoms with Gasteiger partial charge in [0, 0.05) is 17.8 Å². The molecule has 2 aromatic rings. The summed E-state index contributed by atoms with van der Waals surface area (Å²) in [5, 5.41) is 2.98. The average molecular weight is 412 g/mol. The highest BCUT2D eigenvalue weighted by atomic mass is 32.2. The molecule has 0 spiro atoms. The van der Waals surface area contributed by atoms with Crippen molar-refractivity contribution in [3.8, 4) is 5.75 Å². The second kappa shape index (κ2) is 8.24.